The smallest absolute Gasteiger partial charge is 0.272 e. The molecule has 110 valence electrons. The lowest BCUT2D eigenvalue weighted by atomic mass is 10.0. The monoisotopic (exact) mass is 352 g/mol. The number of anilines is 1. The van der Waals surface area contributed by atoms with Gasteiger partial charge in [-0.15, -0.1) is 0 Å². The molecule has 0 aliphatic rings. The van der Waals surface area contributed by atoms with Crippen LogP contribution >= 0.6 is 15.9 Å². The van der Waals surface area contributed by atoms with Crippen molar-refractivity contribution in [3.8, 4) is 0 Å². The van der Waals surface area contributed by atoms with E-state index in [1.807, 2.05) is 6.92 Å². The van der Waals surface area contributed by atoms with Crippen molar-refractivity contribution >= 4 is 27.3 Å². The predicted octanol–water partition coefficient (Wildman–Crippen LogP) is 4.98. The summed E-state index contributed by atoms with van der Waals surface area (Å²) < 4.78 is 14.4. The first-order valence-corrected chi connectivity index (χ1v) is 7.15. The zero-order valence-corrected chi connectivity index (χ0v) is 13.1. The highest BCUT2D eigenvalue weighted by Gasteiger charge is 2.16. The molecule has 0 fully saturated rings. The number of para-hydroxylation sites is 1. The Morgan fingerprint density at radius 3 is 2.67 bits per heavy atom. The minimum atomic E-state index is -0.412. The normalized spacial score (nSPS) is 12.0. The van der Waals surface area contributed by atoms with Gasteiger partial charge in [-0.2, -0.15) is 0 Å². The number of nitrogens with zero attached hydrogens (tertiary/aromatic N) is 1. The Kier molecular flexibility index (Phi) is 4.57. The lowest BCUT2D eigenvalue weighted by Crippen LogP contribution is -2.09. The number of nitrogens with one attached hydrogen (secondary N) is 1. The minimum absolute atomic E-state index is 0.0637. The summed E-state index contributed by atoms with van der Waals surface area (Å²) in [5.74, 6) is -0.377. The fourth-order valence-electron chi connectivity index (χ4n) is 2.03. The number of aryl methyl sites for hydroxylation is 1. The van der Waals surface area contributed by atoms with Crippen molar-refractivity contribution in [2.24, 2.45) is 0 Å². The second-order valence-electron chi connectivity index (χ2n) is 4.77. The molecule has 1 unspecified atom stereocenters. The van der Waals surface area contributed by atoms with Gasteiger partial charge in [-0.3, -0.25) is 10.1 Å². The third-order valence-electron chi connectivity index (χ3n) is 3.25. The highest BCUT2D eigenvalue weighted by molar-refractivity contribution is 9.10. The molecule has 0 saturated carbocycles. The Morgan fingerprint density at radius 2 is 2.05 bits per heavy atom. The van der Waals surface area contributed by atoms with Crippen LogP contribution in [0.4, 0.5) is 15.8 Å². The number of benzene rings is 2. The summed E-state index contributed by atoms with van der Waals surface area (Å²) >= 11 is 3.29. The van der Waals surface area contributed by atoms with Crippen LogP contribution in [0.25, 0.3) is 0 Å². The summed E-state index contributed by atoms with van der Waals surface area (Å²) in [5.41, 5.74) is 1.73. The van der Waals surface area contributed by atoms with Gasteiger partial charge in [0.25, 0.3) is 5.69 Å². The van der Waals surface area contributed by atoms with Crippen LogP contribution in [-0.4, -0.2) is 4.92 Å². The molecule has 0 aromatic heterocycles. The van der Waals surface area contributed by atoms with E-state index in [-0.39, 0.29) is 17.5 Å². The fourth-order valence-corrected chi connectivity index (χ4v) is 2.48. The predicted molar refractivity (Wildman–Crippen MR) is 84.0 cm³/mol. The van der Waals surface area contributed by atoms with Crippen LogP contribution in [0, 0.1) is 22.9 Å². The van der Waals surface area contributed by atoms with Crippen LogP contribution in [-0.2, 0) is 0 Å². The van der Waals surface area contributed by atoms with Crippen molar-refractivity contribution in [3.05, 3.63) is 67.9 Å². The Bertz CT molecular complexity index is 671. The molecule has 21 heavy (non-hydrogen) atoms. The third-order valence-corrected chi connectivity index (χ3v) is 3.91. The minimum Gasteiger partial charge on any atom is -0.375 e. The fraction of sp³-hybridized carbons (Fsp3) is 0.200. The number of hydrogen-bond donors (Lipinski definition) is 1. The van der Waals surface area contributed by atoms with E-state index in [0.717, 1.165) is 5.56 Å². The summed E-state index contributed by atoms with van der Waals surface area (Å²) in [5, 5.41) is 14.0. The zero-order chi connectivity index (χ0) is 15.6. The van der Waals surface area contributed by atoms with Crippen molar-refractivity contribution in [1.29, 1.82) is 0 Å². The summed E-state index contributed by atoms with van der Waals surface area (Å²) in [6, 6.07) is 9.44. The first-order valence-electron chi connectivity index (χ1n) is 6.35. The van der Waals surface area contributed by atoms with Crippen LogP contribution < -0.4 is 5.32 Å². The molecule has 4 nitrogen and oxygen atoms in total. The van der Waals surface area contributed by atoms with Crippen LogP contribution in [0.2, 0.25) is 0 Å². The summed E-state index contributed by atoms with van der Waals surface area (Å²) in [6.07, 6.45) is 0. The SMILES string of the molecule is Cc1ccc(C(C)Nc2c(F)cccc2Br)cc1[N+](=O)[O-]. The molecule has 2 aromatic rings. The lowest BCUT2D eigenvalue weighted by Gasteiger charge is -2.17. The summed E-state index contributed by atoms with van der Waals surface area (Å²) in [6.45, 7) is 3.51. The van der Waals surface area contributed by atoms with Gasteiger partial charge in [0, 0.05) is 22.1 Å². The van der Waals surface area contributed by atoms with Crippen molar-refractivity contribution < 1.29 is 9.31 Å². The average molecular weight is 353 g/mol. The number of nitro groups is 1. The number of rotatable bonds is 4. The van der Waals surface area contributed by atoms with Crippen LogP contribution in [0.15, 0.2) is 40.9 Å². The Balaban J connectivity index is 2.31. The van der Waals surface area contributed by atoms with E-state index < -0.39 is 4.92 Å². The molecular weight excluding hydrogens is 339 g/mol. The Morgan fingerprint density at radius 1 is 1.33 bits per heavy atom. The van der Waals surface area contributed by atoms with E-state index in [9.17, 15) is 14.5 Å². The van der Waals surface area contributed by atoms with Crippen LogP contribution in [0.1, 0.15) is 24.1 Å². The molecule has 0 amide bonds. The first kappa shape index (κ1) is 15.4. The zero-order valence-electron chi connectivity index (χ0n) is 11.6. The molecule has 0 bridgehead atoms. The van der Waals surface area contributed by atoms with Crippen molar-refractivity contribution in [1.82, 2.24) is 0 Å². The molecule has 2 rings (SSSR count). The van der Waals surface area contributed by atoms with Gasteiger partial charge in [-0.25, -0.2) is 4.39 Å². The molecule has 6 heteroatoms. The van der Waals surface area contributed by atoms with Gasteiger partial charge in [-0.1, -0.05) is 18.2 Å². The summed E-state index contributed by atoms with van der Waals surface area (Å²) in [4.78, 5) is 10.6. The number of hydrogen-bond acceptors (Lipinski definition) is 3. The maximum Gasteiger partial charge on any atom is 0.272 e. The molecule has 0 aliphatic heterocycles. The lowest BCUT2D eigenvalue weighted by molar-refractivity contribution is -0.385. The molecule has 1 N–H and O–H groups in total. The molecule has 0 radical (unpaired) electrons. The van der Waals surface area contributed by atoms with Gasteiger partial charge in [0.15, 0.2) is 0 Å². The number of halogens is 2. The van der Waals surface area contributed by atoms with Crippen molar-refractivity contribution in [2.75, 3.05) is 5.32 Å². The molecule has 2 aromatic carbocycles. The Labute approximate surface area is 130 Å². The molecule has 0 spiro atoms. The first-order chi connectivity index (χ1) is 9.90. The largest absolute Gasteiger partial charge is 0.375 e. The quantitative estimate of drug-likeness (QED) is 0.623. The van der Waals surface area contributed by atoms with Crippen LogP contribution in [0.5, 0.6) is 0 Å². The van der Waals surface area contributed by atoms with Gasteiger partial charge < -0.3 is 5.32 Å². The molecule has 0 aliphatic carbocycles. The van der Waals surface area contributed by atoms with E-state index in [1.54, 1.807) is 31.2 Å². The molecule has 0 heterocycles. The number of nitro benzene ring substituents is 1. The van der Waals surface area contributed by atoms with E-state index in [2.05, 4.69) is 21.2 Å². The van der Waals surface area contributed by atoms with Crippen molar-refractivity contribution in [2.45, 2.75) is 19.9 Å². The highest BCUT2D eigenvalue weighted by Crippen LogP contribution is 2.30. The van der Waals surface area contributed by atoms with E-state index in [0.29, 0.717) is 15.7 Å². The van der Waals surface area contributed by atoms with E-state index in [1.165, 1.54) is 12.1 Å². The van der Waals surface area contributed by atoms with Crippen molar-refractivity contribution in [3.63, 3.8) is 0 Å². The van der Waals surface area contributed by atoms with Gasteiger partial charge in [-0.05, 0) is 47.5 Å². The highest BCUT2D eigenvalue weighted by atomic mass is 79.9. The topological polar surface area (TPSA) is 55.2 Å². The van der Waals surface area contributed by atoms with Crippen LogP contribution in [0.3, 0.4) is 0 Å². The second kappa shape index (κ2) is 6.22. The molecular formula is C15H14BrFN2O2. The molecule has 0 saturated heterocycles. The van der Waals surface area contributed by atoms with Gasteiger partial charge in [0.1, 0.15) is 5.82 Å². The van der Waals surface area contributed by atoms with E-state index >= 15 is 0 Å². The van der Waals surface area contributed by atoms with E-state index in [4.69, 9.17) is 0 Å². The standard InChI is InChI=1S/C15H14BrFN2O2/c1-9-6-7-11(8-14(9)19(20)21)10(2)18-15-12(16)4-3-5-13(15)17/h3-8,10,18H,1-2H3. The molecule has 1 atom stereocenters. The third kappa shape index (κ3) is 3.39. The van der Waals surface area contributed by atoms with Gasteiger partial charge in [0.05, 0.1) is 10.6 Å². The summed E-state index contributed by atoms with van der Waals surface area (Å²) in [7, 11) is 0. The average Bonchev–Trinajstić information content (AvgIpc) is 2.43. The maximum absolute atomic E-state index is 13.8. The van der Waals surface area contributed by atoms with Gasteiger partial charge in [0.2, 0.25) is 0 Å². The van der Waals surface area contributed by atoms with Gasteiger partial charge >= 0.3 is 0 Å². The maximum atomic E-state index is 13.8. The second-order valence-corrected chi connectivity index (χ2v) is 5.62. The Hall–Kier alpha value is -1.95.